The van der Waals surface area contributed by atoms with E-state index in [1.165, 1.54) is 103 Å². The van der Waals surface area contributed by atoms with Crippen molar-refractivity contribution in [3.63, 3.8) is 0 Å². The Hall–Kier alpha value is -4.57. The maximum Gasteiger partial charge on any atom is 0.472 e. The standard InChI is InChI=1S/C87H148O16P2/c1-4-7-10-13-16-19-22-25-27-29-31-33-35-37-38-39-40-41-42-44-46-47-49-51-53-56-58-61-64-67-70-73-85(90)97-76-82(88)77-99-104(93,94)100-78-83(89)79-101-105(95,96)102-81-84(103-87(92)75-72-69-66-63-60-55-24-21-18-15-12-9-6-3)80-98-86(91)74-71-68-65-62-59-57-54-52-50-48-45-43-36-34-32-30-28-26-23-20-17-14-11-8-5-2/h7-8,10-11,16-17,19-21,24-28,31-34,37-38,40-41,43,45,82-84,88-89H,4-6,9,12-15,18,22-23,29-30,35-36,39,42,44,46-81H2,1-3H3,(H,93,94)(H,95,96)/b10-7-,11-8-,19-16-,20-17-,24-21-,27-25-,28-26-,33-31-,34-32-,38-37-,41-40-,45-43-. The molecule has 0 fully saturated rings. The van der Waals surface area contributed by atoms with Gasteiger partial charge in [-0.1, -0.05) is 314 Å². The van der Waals surface area contributed by atoms with E-state index < -0.39 is 91.5 Å². The summed E-state index contributed by atoms with van der Waals surface area (Å²) in [6, 6.07) is 0. The van der Waals surface area contributed by atoms with Crippen LogP contribution < -0.4 is 0 Å². The van der Waals surface area contributed by atoms with Gasteiger partial charge in [-0.25, -0.2) is 9.13 Å². The van der Waals surface area contributed by atoms with Crippen molar-refractivity contribution in [2.45, 2.75) is 347 Å². The number of ether oxygens (including phenoxy) is 3. The van der Waals surface area contributed by atoms with Crippen LogP contribution in [0, 0.1) is 0 Å². The summed E-state index contributed by atoms with van der Waals surface area (Å²) in [6.07, 6.45) is 97.6. The van der Waals surface area contributed by atoms with Crippen molar-refractivity contribution in [1.29, 1.82) is 0 Å². The molecular formula is C87H148O16P2. The Morgan fingerprint density at radius 1 is 0.276 bits per heavy atom. The zero-order chi connectivity index (χ0) is 76.6. The van der Waals surface area contributed by atoms with Gasteiger partial charge in [0.1, 0.15) is 25.4 Å². The maximum absolute atomic E-state index is 13.0. The van der Waals surface area contributed by atoms with Gasteiger partial charge in [-0.05, 0) is 141 Å². The molecule has 5 unspecified atom stereocenters. The van der Waals surface area contributed by atoms with Gasteiger partial charge in [0, 0.05) is 19.3 Å². The maximum atomic E-state index is 13.0. The molecule has 0 heterocycles. The summed E-state index contributed by atoms with van der Waals surface area (Å²) in [5.74, 6) is -1.59. The Bertz CT molecular complexity index is 2490. The number of aliphatic hydroxyl groups is 2. The molecule has 0 amide bonds. The van der Waals surface area contributed by atoms with Crippen LogP contribution in [0.2, 0.25) is 0 Å². The van der Waals surface area contributed by atoms with Crippen LogP contribution in [-0.2, 0) is 55.8 Å². The molecule has 0 bridgehead atoms. The van der Waals surface area contributed by atoms with Crippen LogP contribution in [-0.4, -0.2) is 95.9 Å². The summed E-state index contributed by atoms with van der Waals surface area (Å²) in [6.45, 7) is 2.43. The molecule has 0 rings (SSSR count). The first-order valence-corrected chi connectivity index (χ1v) is 44.1. The molecule has 4 N–H and O–H groups in total. The number of carbonyl (C=O) groups excluding carboxylic acids is 3. The quantitative estimate of drug-likeness (QED) is 0.0146. The predicted molar refractivity (Wildman–Crippen MR) is 436 cm³/mol. The van der Waals surface area contributed by atoms with Gasteiger partial charge in [0.05, 0.1) is 26.4 Å². The van der Waals surface area contributed by atoms with Gasteiger partial charge in [-0.2, -0.15) is 0 Å². The highest BCUT2D eigenvalue weighted by atomic mass is 31.2. The van der Waals surface area contributed by atoms with Crippen LogP contribution in [0.5, 0.6) is 0 Å². The number of rotatable bonds is 77. The first kappa shape index (κ1) is 100. The molecular weight excluding hydrogens is 1360 g/mol. The molecule has 16 nitrogen and oxygen atoms in total. The first-order chi connectivity index (χ1) is 51.2. The fourth-order valence-electron chi connectivity index (χ4n) is 10.8. The monoisotopic (exact) mass is 1510 g/mol. The highest BCUT2D eigenvalue weighted by Crippen LogP contribution is 2.45. The van der Waals surface area contributed by atoms with E-state index in [-0.39, 0.29) is 19.3 Å². The molecule has 0 aromatic heterocycles. The number of carbonyl (C=O) groups is 3. The van der Waals surface area contributed by atoms with Crippen molar-refractivity contribution < 1.29 is 75.8 Å². The number of aliphatic hydroxyl groups excluding tert-OH is 2. The van der Waals surface area contributed by atoms with E-state index in [1.807, 2.05) is 0 Å². The third-order valence-corrected chi connectivity index (χ3v) is 18.9. The van der Waals surface area contributed by atoms with Gasteiger partial charge in [0.2, 0.25) is 0 Å². The number of allylic oxidation sites excluding steroid dienone is 24. The second-order valence-electron chi connectivity index (χ2n) is 27.2. The van der Waals surface area contributed by atoms with Crippen molar-refractivity contribution >= 4 is 33.6 Å². The van der Waals surface area contributed by atoms with Gasteiger partial charge in [-0.15, -0.1) is 0 Å². The highest BCUT2D eigenvalue weighted by Gasteiger charge is 2.29. The second-order valence-corrected chi connectivity index (χ2v) is 30.1. The van der Waals surface area contributed by atoms with Gasteiger partial charge in [0.15, 0.2) is 6.10 Å². The molecule has 18 heteroatoms. The summed E-state index contributed by atoms with van der Waals surface area (Å²) in [7, 11) is -9.80. The zero-order valence-corrected chi connectivity index (χ0v) is 67.6. The van der Waals surface area contributed by atoms with Crippen molar-refractivity contribution in [2.75, 3.05) is 39.6 Å². The molecule has 0 aromatic rings. The molecule has 0 radical (unpaired) electrons. The van der Waals surface area contributed by atoms with E-state index in [2.05, 4.69) is 167 Å². The summed E-state index contributed by atoms with van der Waals surface area (Å²) < 4.78 is 61.2. The van der Waals surface area contributed by atoms with E-state index in [4.69, 9.17) is 32.3 Å². The smallest absolute Gasteiger partial charge is 0.463 e. The normalized spacial score (nSPS) is 14.7. The van der Waals surface area contributed by atoms with Crippen molar-refractivity contribution in [3.8, 4) is 0 Å². The van der Waals surface area contributed by atoms with Crippen molar-refractivity contribution in [2.24, 2.45) is 0 Å². The lowest BCUT2D eigenvalue weighted by Crippen LogP contribution is -2.30. The number of esters is 3. The lowest BCUT2D eigenvalue weighted by Gasteiger charge is -2.21. The molecule has 105 heavy (non-hydrogen) atoms. The Morgan fingerprint density at radius 2 is 0.505 bits per heavy atom. The number of hydrogen-bond acceptors (Lipinski definition) is 14. The number of unbranched alkanes of at least 4 members (excludes halogenated alkanes) is 30. The van der Waals surface area contributed by atoms with E-state index in [1.54, 1.807) is 0 Å². The van der Waals surface area contributed by atoms with E-state index in [9.17, 15) is 43.5 Å². The third kappa shape index (κ3) is 80.3. The summed E-state index contributed by atoms with van der Waals surface area (Å²) in [5, 5.41) is 20.7. The predicted octanol–water partition coefficient (Wildman–Crippen LogP) is 24.4. The number of phosphoric acid groups is 2. The molecule has 0 aliphatic heterocycles. The summed E-state index contributed by atoms with van der Waals surface area (Å²) in [4.78, 5) is 58.7. The molecule has 5 atom stereocenters. The summed E-state index contributed by atoms with van der Waals surface area (Å²) in [5.41, 5.74) is 0. The van der Waals surface area contributed by atoms with Crippen LogP contribution >= 0.6 is 15.6 Å². The van der Waals surface area contributed by atoms with Crippen LogP contribution in [0.1, 0.15) is 329 Å². The van der Waals surface area contributed by atoms with Crippen molar-refractivity contribution in [3.05, 3.63) is 146 Å². The average molecular weight is 1510 g/mol. The highest BCUT2D eigenvalue weighted by molar-refractivity contribution is 7.47. The Balaban J connectivity index is 4.48. The van der Waals surface area contributed by atoms with Gasteiger partial charge in [-0.3, -0.25) is 32.5 Å². The van der Waals surface area contributed by atoms with E-state index in [0.29, 0.717) is 19.3 Å². The van der Waals surface area contributed by atoms with Gasteiger partial charge in [0.25, 0.3) is 0 Å². The number of phosphoric ester groups is 2. The zero-order valence-electron chi connectivity index (χ0n) is 65.9. The van der Waals surface area contributed by atoms with Gasteiger partial charge < -0.3 is 34.2 Å². The SMILES string of the molecule is CC/C=C\C/C=C\C/C=C\C/C=C\C/C=C\C/C=C\CCCCCCCCCCCCCCC(=O)OCC(O)COP(=O)(O)OCC(O)COP(=O)(O)OCC(COC(=O)CCCCCCCCCCC/C=C\C/C=C\C/C=C\C/C=C\C/C=C\CC)OC(=O)CCCCCCC/C=C\CCCCCC. The molecule has 0 aromatic carbocycles. The Kier molecular flexibility index (Phi) is 75.6. The van der Waals surface area contributed by atoms with Crippen LogP contribution in [0.3, 0.4) is 0 Å². The minimum Gasteiger partial charge on any atom is -0.463 e. The Labute approximate surface area is 638 Å². The summed E-state index contributed by atoms with van der Waals surface area (Å²) >= 11 is 0. The number of hydrogen-bond donors (Lipinski definition) is 4. The van der Waals surface area contributed by atoms with E-state index >= 15 is 0 Å². The molecule has 0 spiro atoms. The first-order valence-electron chi connectivity index (χ1n) is 41.1. The molecule has 0 aliphatic rings. The van der Waals surface area contributed by atoms with Gasteiger partial charge >= 0.3 is 33.6 Å². The fourth-order valence-corrected chi connectivity index (χ4v) is 12.4. The lowest BCUT2D eigenvalue weighted by atomic mass is 10.0. The average Bonchev–Trinajstić information content (AvgIpc) is 0.913. The molecule has 602 valence electrons. The third-order valence-electron chi connectivity index (χ3n) is 17.0. The molecule has 0 aliphatic carbocycles. The van der Waals surface area contributed by atoms with E-state index in [0.717, 1.165) is 167 Å². The van der Waals surface area contributed by atoms with Crippen molar-refractivity contribution in [1.82, 2.24) is 0 Å². The largest absolute Gasteiger partial charge is 0.472 e. The minimum atomic E-state index is -4.94. The van der Waals surface area contributed by atoms with Crippen LogP contribution in [0.25, 0.3) is 0 Å². The Morgan fingerprint density at radius 3 is 0.810 bits per heavy atom. The molecule has 0 saturated heterocycles. The topological polar surface area (TPSA) is 231 Å². The van der Waals surface area contributed by atoms with Crippen LogP contribution in [0.4, 0.5) is 0 Å². The lowest BCUT2D eigenvalue weighted by molar-refractivity contribution is -0.161. The minimum absolute atomic E-state index is 0.0910. The van der Waals surface area contributed by atoms with Crippen LogP contribution in [0.15, 0.2) is 146 Å². The fraction of sp³-hybridized carbons (Fsp3) is 0.690. The molecule has 0 saturated carbocycles. The second kappa shape index (κ2) is 79.0.